The van der Waals surface area contributed by atoms with Gasteiger partial charge in [0.1, 0.15) is 0 Å². The van der Waals surface area contributed by atoms with Gasteiger partial charge in [0.05, 0.1) is 21.2 Å². The first kappa shape index (κ1) is 18.3. The summed E-state index contributed by atoms with van der Waals surface area (Å²) in [5.74, 6) is -0.345. The fourth-order valence-corrected chi connectivity index (χ4v) is 3.52. The van der Waals surface area contributed by atoms with Crippen molar-refractivity contribution in [2.75, 3.05) is 11.4 Å². The van der Waals surface area contributed by atoms with E-state index < -0.39 is 10.0 Å². The summed E-state index contributed by atoms with van der Waals surface area (Å²) in [4.78, 5) is 12.4. The molecule has 0 atom stereocenters. The van der Waals surface area contributed by atoms with Crippen molar-refractivity contribution in [2.24, 2.45) is 0 Å². The molecule has 0 saturated carbocycles. The smallest absolute Gasteiger partial charge is 0.264 e. The standard InChI is InChI=1S/C17H19ClN2O3S/c1-12(2)19-17(21)15-11-13(9-10-16(15)18)20(3)24(22,23)14-7-5-4-6-8-14/h4-12H,1-3H3,(H,19,21). The Hall–Kier alpha value is -2.05. The molecule has 5 nitrogen and oxygen atoms in total. The van der Waals surface area contributed by atoms with Gasteiger partial charge in [-0.25, -0.2) is 8.42 Å². The van der Waals surface area contributed by atoms with Gasteiger partial charge in [0.2, 0.25) is 0 Å². The molecule has 24 heavy (non-hydrogen) atoms. The Labute approximate surface area is 147 Å². The van der Waals surface area contributed by atoms with Crippen molar-refractivity contribution in [1.82, 2.24) is 5.32 Å². The zero-order chi connectivity index (χ0) is 17.9. The average molecular weight is 367 g/mol. The van der Waals surface area contributed by atoms with Crippen LogP contribution in [0.2, 0.25) is 5.02 Å². The molecule has 0 aromatic heterocycles. The van der Waals surface area contributed by atoms with Gasteiger partial charge in [0.15, 0.2) is 0 Å². The topological polar surface area (TPSA) is 66.5 Å². The van der Waals surface area contributed by atoms with E-state index in [0.29, 0.717) is 5.69 Å². The van der Waals surface area contributed by atoms with E-state index in [2.05, 4.69) is 5.32 Å². The minimum atomic E-state index is -3.71. The number of hydrogen-bond donors (Lipinski definition) is 1. The van der Waals surface area contributed by atoms with Gasteiger partial charge in [-0.3, -0.25) is 9.10 Å². The molecule has 0 spiro atoms. The number of nitrogens with one attached hydrogen (secondary N) is 1. The van der Waals surface area contributed by atoms with Crippen LogP contribution in [0.15, 0.2) is 53.4 Å². The molecule has 1 amide bonds. The summed E-state index contributed by atoms with van der Waals surface area (Å²) in [5.41, 5.74) is 0.593. The lowest BCUT2D eigenvalue weighted by Crippen LogP contribution is -2.31. The molecular formula is C17H19ClN2O3S. The van der Waals surface area contributed by atoms with Gasteiger partial charge in [0.25, 0.3) is 15.9 Å². The van der Waals surface area contributed by atoms with E-state index in [1.54, 1.807) is 24.3 Å². The highest BCUT2D eigenvalue weighted by atomic mass is 35.5. The normalized spacial score (nSPS) is 11.4. The minimum Gasteiger partial charge on any atom is -0.350 e. The molecule has 2 aromatic carbocycles. The molecule has 128 valence electrons. The summed E-state index contributed by atoms with van der Waals surface area (Å²) in [6.07, 6.45) is 0. The molecule has 0 aliphatic carbocycles. The van der Waals surface area contributed by atoms with Crippen molar-refractivity contribution >= 4 is 33.2 Å². The van der Waals surface area contributed by atoms with Crippen molar-refractivity contribution in [3.05, 3.63) is 59.1 Å². The number of anilines is 1. The minimum absolute atomic E-state index is 0.0528. The van der Waals surface area contributed by atoms with Crippen LogP contribution in [-0.4, -0.2) is 27.4 Å². The fraction of sp³-hybridized carbons (Fsp3) is 0.235. The largest absolute Gasteiger partial charge is 0.350 e. The highest BCUT2D eigenvalue weighted by molar-refractivity contribution is 7.92. The fourth-order valence-electron chi connectivity index (χ4n) is 2.11. The molecular weight excluding hydrogens is 348 g/mol. The van der Waals surface area contributed by atoms with Crippen LogP contribution >= 0.6 is 11.6 Å². The van der Waals surface area contributed by atoms with Crippen LogP contribution in [-0.2, 0) is 10.0 Å². The molecule has 2 aromatic rings. The number of benzene rings is 2. The summed E-state index contributed by atoms with van der Waals surface area (Å²) in [5, 5.41) is 3.01. The average Bonchev–Trinajstić information content (AvgIpc) is 2.54. The molecule has 2 rings (SSSR count). The summed E-state index contributed by atoms with van der Waals surface area (Å²) >= 11 is 6.08. The first-order valence-electron chi connectivity index (χ1n) is 7.38. The Morgan fingerprint density at radius 2 is 1.75 bits per heavy atom. The van der Waals surface area contributed by atoms with Gasteiger partial charge in [-0.05, 0) is 44.2 Å². The molecule has 0 fully saturated rings. The Kier molecular flexibility index (Phi) is 5.51. The molecule has 0 saturated heterocycles. The monoisotopic (exact) mass is 366 g/mol. The van der Waals surface area contributed by atoms with E-state index >= 15 is 0 Å². The van der Waals surface area contributed by atoms with Gasteiger partial charge in [-0.15, -0.1) is 0 Å². The predicted molar refractivity (Wildman–Crippen MR) is 96.1 cm³/mol. The third kappa shape index (κ3) is 3.88. The van der Waals surface area contributed by atoms with Gasteiger partial charge in [0, 0.05) is 13.1 Å². The van der Waals surface area contributed by atoms with E-state index in [0.717, 1.165) is 4.31 Å². The van der Waals surface area contributed by atoms with E-state index in [1.807, 2.05) is 13.8 Å². The third-order valence-corrected chi connectivity index (χ3v) is 5.51. The highest BCUT2D eigenvalue weighted by Gasteiger charge is 2.22. The Balaban J connectivity index is 2.41. The lowest BCUT2D eigenvalue weighted by atomic mass is 10.1. The molecule has 1 N–H and O–H groups in total. The Morgan fingerprint density at radius 1 is 1.12 bits per heavy atom. The number of carbonyl (C=O) groups excluding carboxylic acids is 1. The van der Waals surface area contributed by atoms with Crippen LogP contribution in [0.4, 0.5) is 5.69 Å². The number of sulfonamides is 1. The zero-order valence-electron chi connectivity index (χ0n) is 13.7. The first-order valence-corrected chi connectivity index (χ1v) is 9.19. The lowest BCUT2D eigenvalue weighted by Gasteiger charge is -2.20. The molecule has 7 heteroatoms. The summed E-state index contributed by atoms with van der Waals surface area (Å²) in [7, 11) is -2.27. The second-order valence-corrected chi connectivity index (χ2v) is 7.95. The third-order valence-electron chi connectivity index (χ3n) is 3.38. The van der Waals surface area contributed by atoms with Crippen LogP contribution in [0.3, 0.4) is 0 Å². The summed E-state index contributed by atoms with van der Waals surface area (Å²) < 4.78 is 26.5. The molecule has 0 aliphatic heterocycles. The van der Waals surface area contributed by atoms with Crippen LogP contribution in [0.1, 0.15) is 24.2 Å². The Morgan fingerprint density at radius 3 is 2.33 bits per heavy atom. The van der Waals surface area contributed by atoms with E-state index in [1.165, 1.54) is 31.3 Å². The predicted octanol–water partition coefficient (Wildman–Crippen LogP) is 3.30. The molecule has 0 unspecified atom stereocenters. The molecule has 0 radical (unpaired) electrons. The number of rotatable bonds is 5. The maximum Gasteiger partial charge on any atom is 0.264 e. The number of hydrogen-bond acceptors (Lipinski definition) is 3. The zero-order valence-corrected chi connectivity index (χ0v) is 15.2. The van der Waals surface area contributed by atoms with Crippen LogP contribution in [0, 0.1) is 0 Å². The maximum atomic E-state index is 12.7. The number of halogens is 1. The van der Waals surface area contributed by atoms with Gasteiger partial charge in [-0.1, -0.05) is 29.8 Å². The number of carbonyl (C=O) groups is 1. The van der Waals surface area contributed by atoms with Crippen molar-refractivity contribution in [3.8, 4) is 0 Å². The van der Waals surface area contributed by atoms with Gasteiger partial charge in [-0.2, -0.15) is 0 Å². The quantitative estimate of drug-likeness (QED) is 0.882. The summed E-state index contributed by atoms with van der Waals surface area (Å²) in [6.45, 7) is 3.67. The van der Waals surface area contributed by atoms with Crippen molar-refractivity contribution < 1.29 is 13.2 Å². The van der Waals surface area contributed by atoms with Gasteiger partial charge < -0.3 is 5.32 Å². The van der Waals surface area contributed by atoms with E-state index in [-0.39, 0.29) is 27.4 Å². The van der Waals surface area contributed by atoms with Crippen molar-refractivity contribution in [1.29, 1.82) is 0 Å². The molecule has 0 heterocycles. The summed E-state index contributed by atoms with van der Waals surface area (Å²) in [6, 6.07) is 12.6. The lowest BCUT2D eigenvalue weighted by molar-refractivity contribution is 0.0943. The van der Waals surface area contributed by atoms with Crippen molar-refractivity contribution in [2.45, 2.75) is 24.8 Å². The second-order valence-electron chi connectivity index (χ2n) is 5.58. The highest BCUT2D eigenvalue weighted by Crippen LogP contribution is 2.26. The molecule has 0 bridgehead atoms. The molecule has 0 aliphatic rings. The van der Waals surface area contributed by atoms with Crippen molar-refractivity contribution in [3.63, 3.8) is 0 Å². The van der Waals surface area contributed by atoms with Crippen LogP contribution < -0.4 is 9.62 Å². The SMILES string of the molecule is CC(C)NC(=O)c1cc(N(C)S(=O)(=O)c2ccccc2)ccc1Cl. The second kappa shape index (κ2) is 7.23. The Bertz CT molecular complexity index is 836. The first-order chi connectivity index (χ1) is 11.2. The van der Waals surface area contributed by atoms with Crippen LogP contribution in [0.5, 0.6) is 0 Å². The van der Waals surface area contributed by atoms with E-state index in [9.17, 15) is 13.2 Å². The van der Waals surface area contributed by atoms with Gasteiger partial charge >= 0.3 is 0 Å². The van der Waals surface area contributed by atoms with E-state index in [4.69, 9.17) is 11.6 Å². The van der Waals surface area contributed by atoms with Crippen LogP contribution in [0.25, 0.3) is 0 Å². The number of nitrogens with zero attached hydrogens (tertiary/aromatic N) is 1. The maximum absolute atomic E-state index is 12.7. The number of amides is 1.